The van der Waals surface area contributed by atoms with Gasteiger partial charge in [0, 0.05) is 40.4 Å². The number of allylic oxidation sites excluding steroid dienone is 2. The number of anilines is 7. The summed E-state index contributed by atoms with van der Waals surface area (Å²) >= 11 is 0. The number of sulfonamides is 1. The number of hydrogen-bond donors (Lipinski definition) is 7. The maximum Gasteiger partial charge on any atom is 0.323 e. The van der Waals surface area contributed by atoms with Gasteiger partial charge in [0.15, 0.2) is 0 Å². The Hall–Kier alpha value is -5.41. The summed E-state index contributed by atoms with van der Waals surface area (Å²) in [6.45, 7) is 10.1. The molecule has 0 spiro atoms. The van der Waals surface area contributed by atoms with Gasteiger partial charge >= 0.3 is 5.69 Å². The third kappa shape index (κ3) is 7.75. The predicted molar refractivity (Wildman–Crippen MR) is 208 cm³/mol. The summed E-state index contributed by atoms with van der Waals surface area (Å²) in [4.78, 5) is 33.4. The maximum atomic E-state index is 13.5. The summed E-state index contributed by atoms with van der Waals surface area (Å²) in [5.41, 5.74) is 6.72. The van der Waals surface area contributed by atoms with Crippen LogP contribution in [0.1, 0.15) is 57.6 Å². The lowest BCUT2D eigenvalue weighted by Crippen LogP contribution is -2.26. The van der Waals surface area contributed by atoms with Gasteiger partial charge in [-0.1, -0.05) is 32.1 Å². The van der Waals surface area contributed by atoms with Crippen molar-refractivity contribution >= 4 is 61.7 Å². The van der Waals surface area contributed by atoms with Gasteiger partial charge in [-0.3, -0.25) is 4.72 Å². The smallest absolute Gasteiger partial charge is 0.323 e. The molecule has 0 saturated heterocycles. The predicted octanol–water partition coefficient (Wildman–Crippen LogP) is 6.37. The molecule has 3 heterocycles. The monoisotopic (exact) mass is 723 g/mol. The largest absolute Gasteiger partial charge is 0.358 e. The molecule has 2 aromatic heterocycles. The van der Waals surface area contributed by atoms with E-state index >= 15 is 0 Å². The van der Waals surface area contributed by atoms with Gasteiger partial charge in [0.25, 0.3) is 0 Å². The Labute approximate surface area is 303 Å². The summed E-state index contributed by atoms with van der Waals surface area (Å²) in [5.74, 6) is 0.869. The fourth-order valence-corrected chi connectivity index (χ4v) is 8.37. The van der Waals surface area contributed by atoms with E-state index in [1.54, 1.807) is 36.4 Å². The van der Waals surface area contributed by atoms with Gasteiger partial charge in [0.05, 0.1) is 16.8 Å². The van der Waals surface area contributed by atoms with E-state index in [1.165, 1.54) is 5.70 Å². The van der Waals surface area contributed by atoms with Crippen molar-refractivity contribution in [1.29, 1.82) is 0 Å². The van der Waals surface area contributed by atoms with Crippen molar-refractivity contribution in [2.24, 2.45) is 0 Å². The van der Waals surface area contributed by atoms with Crippen LogP contribution in [0.3, 0.4) is 0 Å². The van der Waals surface area contributed by atoms with Gasteiger partial charge in [-0.05, 0) is 112 Å². The topological polar surface area (TPSA) is 185 Å². The third-order valence-corrected chi connectivity index (χ3v) is 11.0. The molecule has 272 valence electrons. The molecule has 15 heteroatoms. The number of fused-ring (bicyclic) bond motifs is 4. The molecule has 0 radical (unpaired) electrons. The third-order valence-electron chi connectivity index (χ3n) is 9.79. The molecule has 1 aliphatic heterocycles. The van der Waals surface area contributed by atoms with E-state index in [2.05, 4.69) is 82.7 Å². The van der Waals surface area contributed by atoms with Crippen molar-refractivity contribution < 1.29 is 8.42 Å². The molecule has 1 unspecified atom stereocenters. The van der Waals surface area contributed by atoms with Crippen LogP contribution < -0.4 is 31.7 Å². The number of hydrogen-bond acceptors (Lipinski definition) is 11. The first-order chi connectivity index (χ1) is 25.1. The van der Waals surface area contributed by atoms with Crippen molar-refractivity contribution in [3.63, 3.8) is 0 Å². The van der Waals surface area contributed by atoms with E-state index in [4.69, 9.17) is 0 Å². The molecular weight excluding hydrogens is 679 g/mol. The van der Waals surface area contributed by atoms with E-state index in [1.807, 2.05) is 24.3 Å². The second-order valence-corrected chi connectivity index (χ2v) is 15.2. The first-order valence-electron chi connectivity index (χ1n) is 17.8. The van der Waals surface area contributed by atoms with Crippen molar-refractivity contribution in [2.75, 3.05) is 52.2 Å². The number of nitrogens with one attached hydrogen (secondary N) is 7. The first-order valence-corrected chi connectivity index (χ1v) is 19.4. The number of benzene rings is 3. The fraction of sp³-hybridized carbons (Fsp3) is 0.351. The van der Waals surface area contributed by atoms with Crippen molar-refractivity contribution in [3.8, 4) is 0 Å². The molecule has 14 nitrogen and oxygen atoms in total. The lowest BCUT2D eigenvalue weighted by Gasteiger charge is -2.31. The Morgan fingerprint density at radius 1 is 0.865 bits per heavy atom. The number of rotatable bonds is 15. The second kappa shape index (κ2) is 14.7. The Balaban J connectivity index is 1.05. The summed E-state index contributed by atoms with van der Waals surface area (Å²) in [6.07, 6.45) is 6.24. The highest BCUT2D eigenvalue weighted by Crippen LogP contribution is 2.50. The van der Waals surface area contributed by atoms with Crippen LogP contribution in [0.4, 0.5) is 40.6 Å². The maximum absolute atomic E-state index is 13.5. The number of imidazole rings is 1. The quantitative estimate of drug-likeness (QED) is 0.0596. The molecule has 7 N–H and O–H groups in total. The summed E-state index contributed by atoms with van der Waals surface area (Å²) < 4.78 is 29.7. The Bertz CT molecular complexity index is 2260. The highest BCUT2D eigenvalue weighted by Gasteiger charge is 2.42. The highest BCUT2D eigenvalue weighted by atomic mass is 32.2. The summed E-state index contributed by atoms with van der Waals surface area (Å²) in [5, 5.41) is 13.3. The van der Waals surface area contributed by atoms with Crippen LogP contribution in [0, 0.1) is 0 Å². The van der Waals surface area contributed by atoms with Gasteiger partial charge in [-0.15, -0.1) is 0 Å². The molecule has 5 aromatic rings. The van der Waals surface area contributed by atoms with E-state index in [-0.39, 0.29) is 16.9 Å². The number of aromatic nitrogens is 5. The first kappa shape index (κ1) is 35.0. The highest BCUT2D eigenvalue weighted by molar-refractivity contribution is 7.91. The Kier molecular flexibility index (Phi) is 9.88. The average molecular weight is 724 g/mol. The van der Waals surface area contributed by atoms with Gasteiger partial charge in [-0.2, -0.15) is 15.0 Å². The van der Waals surface area contributed by atoms with Crippen molar-refractivity contribution in [3.05, 3.63) is 94.0 Å². The standard InChI is InChI=1S/C37H45N11O3S/c1-4-48(5-2)21-9-20-38-33-44-34(46-35(45-33)40-27-17-18-28-30(22-27)43-36(49)42-28)39-25-13-15-26(16-14-25)47-52(50,51)23-24-10-8-11-29-32(24)37(3)19-7-6-12-31(37)41-29/h8,10-18,22,41,47H,4-7,9,19-21,23H2,1-3H3,(H2,42,43,49)(H3,38,39,40,44,45,46). The zero-order chi connectivity index (χ0) is 36.3. The zero-order valence-corrected chi connectivity index (χ0v) is 30.5. The van der Waals surface area contributed by atoms with Crippen molar-refractivity contribution in [2.45, 2.75) is 57.6 Å². The van der Waals surface area contributed by atoms with Gasteiger partial charge in [0.2, 0.25) is 27.9 Å². The zero-order valence-electron chi connectivity index (χ0n) is 29.6. The molecule has 0 saturated carbocycles. The minimum atomic E-state index is -3.71. The second-order valence-electron chi connectivity index (χ2n) is 13.4. The molecule has 0 amide bonds. The Morgan fingerprint density at radius 2 is 1.56 bits per heavy atom. The van der Waals surface area contributed by atoms with Crippen LogP contribution >= 0.6 is 0 Å². The molecule has 1 atom stereocenters. The van der Waals surface area contributed by atoms with Crippen LogP contribution in [0.15, 0.2) is 77.2 Å². The molecule has 0 bridgehead atoms. The van der Waals surface area contributed by atoms with Crippen LogP contribution in [0.5, 0.6) is 0 Å². The van der Waals surface area contributed by atoms with Crippen LogP contribution in [0.25, 0.3) is 11.0 Å². The minimum Gasteiger partial charge on any atom is -0.358 e. The molecule has 52 heavy (non-hydrogen) atoms. The lowest BCUT2D eigenvalue weighted by atomic mass is 9.73. The van der Waals surface area contributed by atoms with E-state index < -0.39 is 10.0 Å². The molecule has 3 aromatic carbocycles. The molecule has 7 rings (SSSR count). The molecular formula is C37H45N11O3S. The number of aromatic amines is 2. The van der Waals surface area contributed by atoms with Crippen LogP contribution in [-0.4, -0.2) is 64.4 Å². The summed E-state index contributed by atoms with van der Waals surface area (Å²) in [6, 6.07) is 18.2. The van der Waals surface area contributed by atoms with Gasteiger partial charge < -0.3 is 36.1 Å². The van der Waals surface area contributed by atoms with E-state index in [9.17, 15) is 13.2 Å². The molecule has 0 fully saturated rings. The van der Waals surface area contributed by atoms with Crippen molar-refractivity contribution in [1.82, 2.24) is 29.8 Å². The van der Waals surface area contributed by atoms with Crippen LogP contribution in [0.2, 0.25) is 0 Å². The van der Waals surface area contributed by atoms with Gasteiger partial charge in [-0.25, -0.2) is 13.2 Å². The molecule has 1 aliphatic carbocycles. The minimum absolute atomic E-state index is 0.126. The lowest BCUT2D eigenvalue weighted by molar-refractivity contribution is 0.303. The van der Waals surface area contributed by atoms with Crippen LogP contribution in [-0.2, 0) is 21.2 Å². The summed E-state index contributed by atoms with van der Waals surface area (Å²) in [7, 11) is -3.71. The fourth-order valence-electron chi connectivity index (χ4n) is 7.15. The normalized spacial score (nSPS) is 16.6. The molecule has 2 aliphatic rings. The SMILES string of the molecule is CCN(CC)CCCNc1nc(Nc2ccc(NS(=O)(=O)Cc3cccc4c3C3(C)CCCC=C3N4)cc2)nc(Nc2ccc3[nH]c(=O)[nH]c3c2)n1. The van der Waals surface area contributed by atoms with E-state index in [0.29, 0.717) is 52.5 Å². The Morgan fingerprint density at radius 3 is 2.33 bits per heavy atom. The number of H-pyrrole nitrogens is 2. The van der Waals surface area contributed by atoms with E-state index in [0.717, 1.165) is 62.1 Å². The number of nitrogens with zero attached hydrogens (tertiary/aromatic N) is 4. The average Bonchev–Trinajstić information content (AvgIpc) is 3.64. The van der Waals surface area contributed by atoms with Gasteiger partial charge in [0.1, 0.15) is 0 Å².